The van der Waals surface area contributed by atoms with E-state index >= 15 is 0 Å². The summed E-state index contributed by atoms with van der Waals surface area (Å²) in [5.74, 6) is 1.87. The third-order valence-electron chi connectivity index (χ3n) is 9.58. The van der Waals surface area contributed by atoms with Gasteiger partial charge in [0, 0.05) is 38.4 Å². The van der Waals surface area contributed by atoms with E-state index in [-0.39, 0.29) is 0 Å². The van der Waals surface area contributed by atoms with Gasteiger partial charge in [0.05, 0.1) is 22.1 Å². The Balaban J connectivity index is 1.17. The van der Waals surface area contributed by atoms with Crippen LogP contribution in [-0.4, -0.2) is 24.1 Å². The first-order chi connectivity index (χ1) is 24.8. The van der Waals surface area contributed by atoms with Crippen molar-refractivity contribution in [2.24, 2.45) is 0 Å². The fourth-order valence-corrected chi connectivity index (χ4v) is 7.27. The molecule has 0 fully saturated rings. The molecule has 0 saturated heterocycles. The van der Waals surface area contributed by atoms with E-state index in [4.69, 9.17) is 15.0 Å². The van der Waals surface area contributed by atoms with Gasteiger partial charge in [0.1, 0.15) is 0 Å². The van der Waals surface area contributed by atoms with Crippen LogP contribution in [0.5, 0.6) is 0 Å². The molecule has 7 aromatic carbocycles. The van der Waals surface area contributed by atoms with Gasteiger partial charge in [0.15, 0.2) is 11.6 Å². The summed E-state index contributed by atoms with van der Waals surface area (Å²) in [7, 11) is 0. The van der Waals surface area contributed by atoms with Crippen LogP contribution in [0.2, 0.25) is 0 Å². The second-order valence-corrected chi connectivity index (χ2v) is 12.5. The highest BCUT2D eigenvalue weighted by molar-refractivity contribution is 6.12. The van der Waals surface area contributed by atoms with Crippen LogP contribution < -0.4 is 0 Å². The van der Waals surface area contributed by atoms with E-state index in [0.29, 0.717) is 17.6 Å². The normalized spacial score (nSPS) is 11.6. The number of rotatable bonds is 5. The molecule has 5 nitrogen and oxygen atoms in total. The number of benzene rings is 7. The zero-order valence-corrected chi connectivity index (χ0v) is 27.0. The Morgan fingerprint density at radius 2 is 0.720 bits per heavy atom. The Hall–Kier alpha value is -6.85. The molecule has 50 heavy (non-hydrogen) atoms. The predicted molar refractivity (Wildman–Crippen MR) is 205 cm³/mol. The fourth-order valence-electron chi connectivity index (χ4n) is 7.27. The lowest BCUT2D eigenvalue weighted by Gasteiger charge is -2.11. The number of para-hydroxylation sites is 3. The molecule has 234 valence electrons. The van der Waals surface area contributed by atoms with Gasteiger partial charge < -0.3 is 4.57 Å². The van der Waals surface area contributed by atoms with Gasteiger partial charge in [-0.3, -0.25) is 4.57 Å². The van der Waals surface area contributed by atoms with Crippen molar-refractivity contribution in [2.75, 3.05) is 0 Å². The molecule has 0 saturated carbocycles. The van der Waals surface area contributed by atoms with Crippen molar-refractivity contribution in [1.29, 1.82) is 0 Å². The molecule has 0 bridgehead atoms. The maximum Gasteiger partial charge on any atom is 0.238 e. The van der Waals surface area contributed by atoms with E-state index in [9.17, 15) is 0 Å². The summed E-state index contributed by atoms with van der Waals surface area (Å²) in [5, 5.41) is 4.77. The second kappa shape index (κ2) is 11.4. The van der Waals surface area contributed by atoms with Gasteiger partial charge in [-0.2, -0.15) is 9.97 Å². The molecule has 3 heterocycles. The van der Waals surface area contributed by atoms with Crippen LogP contribution in [0, 0.1) is 0 Å². The molecule has 3 aromatic heterocycles. The molecular formula is C45H29N5. The Morgan fingerprint density at radius 1 is 0.300 bits per heavy atom. The zero-order chi connectivity index (χ0) is 33.0. The molecule has 0 atom stereocenters. The van der Waals surface area contributed by atoms with Crippen LogP contribution in [0.1, 0.15) is 0 Å². The number of aromatic nitrogens is 5. The van der Waals surface area contributed by atoms with Crippen molar-refractivity contribution < 1.29 is 0 Å². The molecule has 0 N–H and O–H groups in total. The van der Waals surface area contributed by atoms with E-state index < -0.39 is 0 Å². The van der Waals surface area contributed by atoms with Gasteiger partial charge in [-0.15, -0.1) is 0 Å². The van der Waals surface area contributed by atoms with Crippen molar-refractivity contribution in [3.63, 3.8) is 0 Å². The van der Waals surface area contributed by atoms with Gasteiger partial charge >= 0.3 is 0 Å². The summed E-state index contributed by atoms with van der Waals surface area (Å²) in [4.78, 5) is 15.1. The number of hydrogen-bond donors (Lipinski definition) is 0. The number of fused-ring (bicyclic) bond motifs is 6. The quantitative estimate of drug-likeness (QED) is 0.188. The third-order valence-corrected chi connectivity index (χ3v) is 9.58. The summed E-state index contributed by atoms with van der Waals surface area (Å²) in [6, 6.07) is 61.6. The predicted octanol–water partition coefficient (Wildman–Crippen LogP) is 11.1. The summed E-state index contributed by atoms with van der Waals surface area (Å²) >= 11 is 0. The minimum atomic E-state index is 0.590. The van der Waals surface area contributed by atoms with Gasteiger partial charge in [0.2, 0.25) is 5.95 Å². The molecule has 0 amide bonds. The molecule has 0 aliphatic rings. The zero-order valence-electron chi connectivity index (χ0n) is 27.0. The van der Waals surface area contributed by atoms with Crippen LogP contribution in [0.25, 0.3) is 89.2 Å². The van der Waals surface area contributed by atoms with Crippen LogP contribution in [-0.2, 0) is 0 Å². The van der Waals surface area contributed by atoms with Crippen LogP contribution in [0.4, 0.5) is 0 Å². The topological polar surface area (TPSA) is 48.5 Å². The Kier molecular flexibility index (Phi) is 6.42. The molecule has 10 aromatic rings. The highest BCUT2D eigenvalue weighted by Crippen LogP contribution is 2.38. The highest BCUT2D eigenvalue weighted by atomic mass is 15.2. The average molecular weight is 640 g/mol. The van der Waals surface area contributed by atoms with E-state index in [1.807, 2.05) is 60.7 Å². The van der Waals surface area contributed by atoms with E-state index in [1.165, 1.54) is 27.4 Å². The SMILES string of the molecule is c1ccc(-c2nc(-c3ccccc3)nc(-n3c4ccccc4c4cc(-c5ccc6c(c5)c5ccccc5n6-c5ccccc5)ccc43)n2)cc1. The van der Waals surface area contributed by atoms with Crippen LogP contribution in [0.3, 0.4) is 0 Å². The Morgan fingerprint density at radius 3 is 1.26 bits per heavy atom. The van der Waals surface area contributed by atoms with Crippen LogP contribution >= 0.6 is 0 Å². The van der Waals surface area contributed by atoms with Crippen molar-refractivity contribution in [3.8, 4) is 45.5 Å². The minimum absolute atomic E-state index is 0.590. The van der Waals surface area contributed by atoms with Crippen molar-refractivity contribution in [1.82, 2.24) is 24.1 Å². The maximum absolute atomic E-state index is 5.08. The lowest BCUT2D eigenvalue weighted by molar-refractivity contribution is 0.953. The van der Waals surface area contributed by atoms with Gasteiger partial charge in [-0.05, 0) is 59.7 Å². The second-order valence-electron chi connectivity index (χ2n) is 12.5. The highest BCUT2D eigenvalue weighted by Gasteiger charge is 2.19. The average Bonchev–Trinajstić information content (AvgIpc) is 3.71. The van der Waals surface area contributed by atoms with E-state index in [1.54, 1.807) is 0 Å². The molecule has 0 radical (unpaired) electrons. The van der Waals surface area contributed by atoms with E-state index in [2.05, 4.69) is 124 Å². The molecule has 0 unspecified atom stereocenters. The summed E-state index contributed by atoms with van der Waals surface area (Å²) in [6.45, 7) is 0. The Bertz CT molecular complexity index is 2800. The van der Waals surface area contributed by atoms with Gasteiger partial charge in [-0.1, -0.05) is 127 Å². The smallest absolute Gasteiger partial charge is 0.238 e. The van der Waals surface area contributed by atoms with Gasteiger partial charge in [0.25, 0.3) is 0 Å². The molecule has 0 aliphatic carbocycles. The van der Waals surface area contributed by atoms with Crippen molar-refractivity contribution in [2.45, 2.75) is 0 Å². The fraction of sp³-hybridized carbons (Fsp3) is 0. The molecule has 0 spiro atoms. The standard InChI is InChI=1S/C45H29N5/c1-4-14-30(15-5-1)43-46-44(31-16-6-2-7-17-31)48-45(47-43)50-40-23-13-11-21-36(40)38-29-33(25-27-42(38)50)32-24-26-41-37(28-32)35-20-10-12-22-39(35)49(41)34-18-8-3-9-19-34/h1-29H. The first kappa shape index (κ1) is 28.2. The Labute approximate surface area is 288 Å². The maximum atomic E-state index is 5.08. The molecule has 10 rings (SSSR count). The summed E-state index contributed by atoms with van der Waals surface area (Å²) < 4.78 is 4.53. The summed E-state index contributed by atoms with van der Waals surface area (Å²) in [5.41, 5.74) is 9.86. The van der Waals surface area contributed by atoms with Crippen LogP contribution in [0.15, 0.2) is 176 Å². The summed E-state index contributed by atoms with van der Waals surface area (Å²) in [6.07, 6.45) is 0. The van der Waals surface area contributed by atoms with Gasteiger partial charge in [-0.25, -0.2) is 4.98 Å². The number of nitrogens with zero attached hydrogens (tertiary/aromatic N) is 5. The molecule has 5 heteroatoms. The minimum Gasteiger partial charge on any atom is -0.309 e. The first-order valence-corrected chi connectivity index (χ1v) is 16.8. The molecule has 0 aliphatic heterocycles. The van der Waals surface area contributed by atoms with E-state index in [0.717, 1.165) is 44.2 Å². The lowest BCUT2D eigenvalue weighted by Crippen LogP contribution is -2.06. The lowest BCUT2D eigenvalue weighted by atomic mass is 10.0. The third kappa shape index (κ3) is 4.52. The molecular weight excluding hydrogens is 611 g/mol. The monoisotopic (exact) mass is 639 g/mol. The largest absolute Gasteiger partial charge is 0.309 e. The number of hydrogen-bond acceptors (Lipinski definition) is 3. The van der Waals surface area contributed by atoms with Crippen molar-refractivity contribution >= 4 is 43.6 Å². The first-order valence-electron chi connectivity index (χ1n) is 16.8. The van der Waals surface area contributed by atoms with Crippen molar-refractivity contribution in [3.05, 3.63) is 176 Å².